The van der Waals surface area contributed by atoms with Gasteiger partial charge in [0.15, 0.2) is 0 Å². The molecule has 5 rings (SSSR count). The number of aryl methyl sites for hydroxylation is 1. The van der Waals surface area contributed by atoms with Crippen LogP contribution in [0.15, 0.2) is 70.4 Å². The summed E-state index contributed by atoms with van der Waals surface area (Å²) in [5, 5.41) is 11.7. The van der Waals surface area contributed by atoms with Gasteiger partial charge in [-0.25, -0.2) is 12.7 Å². The predicted molar refractivity (Wildman–Crippen MR) is 175 cm³/mol. The fourth-order valence-electron chi connectivity index (χ4n) is 5.89. The van der Waals surface area contributed by atoms with E-state index in [0.717, 1.165) is 47.9 Å². The van der Waals surface area contributed by atoms with Gasteiger partial charge in [0.25, 0.3) is 5.56 Å². The van der Waals surface area contributed by atoms with Crippen LogP contribution in [0.25, 0.3) is 22.0 Å². The number of carbonyl (C=O) groups is 2. The van der Waals surface area contributed by atoms with Crippen LogP contribution in [-0.2, 0) is 26.0 Å². The molecule has 1 saturated carbocycles. The highest BCUT2D eigenvalue weighted by Gasteiger charge is 2.29. The third-order valence-corrected chi connectivity index (χ3v) is 10.5. The standard InChI is InChI=1S/C33H40N6O5S/c1-20-16-26(45(43,44)39(2)3)13-15-27(20)23-8-4-21(5-9-23)17-30(36-31(40)24-10-6-22(19-34)7-11-24)33(42)35-25-12-14-28-29(18-25)37-38-32(28)41/h4-5,8-9,12-16,18,22,24,30H,6-7,10-11,17,19,34H2,1-3H3,(H,35,42)(H,36,40)(H2,37,38,41)/t22?,24?,30-/m0/s1. The van der Waals surface area contributed by atoms with E-state index < -0.39 is 16.1 Å². The molecule has 0 bridgehead atoms. The molecule has 1 aromatic heterocycles. The first kappa shape index (κ1) is 32.1. The smallest absolute Gasteiger partial charge is 0.271 e. The van der Waals surface area contributed by atoms with E-state index >= 15 is 0 Å². The van der Waals surface area contributed by atoms with Gasteiger partial charge in [-0.2, -0.15) is 0 Å². The van der Waals surface area contributed by atoms with Crippen LogP contribution in [0.4, 0.5) is 5.69 Å². The van der Waals surface area contributed by atoms with Crippen molar-refractivity contribution < 1.29 is 18.0 Å². The molecule has 2 amide bonds. The molecule has 6 N–H and O–H groups in total. The van der Waals surface area contributed by atoms with Gasteiger partial charge in [-0.1, -0.05) is 30.3 Å². The maximum Gasteiger partial charge on any atom is 0.271 e. The van der Waals surface area contributed by atoms with E-state index in [1.54, 1.807) is 36.4 Å². The first-order chi connectivity index (χ1) is 21.5. The topological polar surface area (TPSA) is 170 Å². The summed E-state index contributed by atoms with van der Waals surface area (Å²) in [6, 6.07) is 16.9. The molecule has 0 saturated heterocycles. The first-order valence-electron chi connectivity index (χ1n) is 15.1. The Morgan fingerprint density at radius 2 is 1.69 bits per heavy atom. The minimum Gasteiger partial charge on any atom is -0.344 e. The van der Waals surface area contributed by atoms with E-state index in [-0.39, 0.29) is 34.6 Å². The van der Waals surface area contributed by atoms with Gasteiger partial charge < -0.3 is 16.4 Å². The molecule has 1 atom stereocenters. The maximum atomic E-state index is 13.6. The Kier molecular flexibility index (Phi) is 9.56. The number of nitrogens with zero attached hydrogens (tertiary/aromatic N) is 1. The van der Waals surface area contributed by atoms with Crippen molar-refractivity contribution in [2.75, 3.05) is 26.0 Å². The van der Waals surface area contributed by atoms with Crippen molar-refractivity contribution in [2.24, 2.45) is 17.6 Å². The molecular formula is C33H40N6O5S. The number of amides is 2. The molecule has 1 fully saturated rings. The second kappa shape index (κ2) is 13.4. The van der Waals surface area contributed by atoms with Gasteiger partial charge in [-0.3, -0.25) is 24.6 Å². The van der Waals surface area contributed by atoms with Gasteiger partial charge in [-0.05, 0) is 97.7 Å². The number of hydrogen-bond acceptors (Lipinski definition) is 6. The Bertz CT molecular complexity index is 1850. The summed E-state index contributed by atoms with van der Waals surface area (Å²) in [6.45, 7) is 2.49. The zero-order valence-corrected chi connectivity index (χ0v) is 26.5. The summed E-state index contributed by atoms with van der Waals surface area (Å²) in [4.78, 5) is 39.0. The SMILES string of the molecule is Cc1cc(S(=O)(=O)N(C)C)ccc1-c1ccc(C[C@H](NC(=O)C2CCC(CN)CC2)C(=O)Nc2ccc3c(=O)[nH][nH]c3c2)cc1. The van der Waals surface area contributed by atoms with Crippen molar-refractivity contribution in [1.29, 1.82) is 0 Å². The average molecular weight is 633 g/mol. The average Bonchev–Trinajstić information content (AvgIpc) is 3.40. The minimum absolute atomic E-state index is 0.143. The number of aromatic amines is 2. The Morgan fingerprint density at radius 1 is 0.978 bits per heavy atom. The van der Waals surface area contributed by atoms with E-state index in [1.807, 2.05) is 31.2 Å². The lowest BCUT2D eigenvalue weighted by molar-refractivity contribution is -0.130. The van der Waals surface area contributed by atoms with E-state index in [1.165, 1.54) is 18.4 Å². The number of aromatic nitrogens is 2. The number of nitrogens with one attached hydrogen (secondary N) is 4. The Hall–Kier alpha value is -4.26. The van der Waals surface area contributed by atoms with Crippen molar-refractivity contribution in [3.63, 3.8) is 0 Å². The van der Waals surface area contributed by atoms with E-state index in [4.69, 9.17) is 5.73 Å². The highest BCUT2D eigenvalue weighted by atomic mass is 32.2. The summed E-state index contributed by atoms with van der Waals surface area (Å²) in [5.74, 6) is -0.252. The highest BCUT2D eigenvalue weighted by Crippen LogP contribution is 2.29. The fraction of sp³-hybridized carbons (Fsp3) is 0.364. The summed E-state index contributed by atoms with van der Waals surface area (Å²) in [7, 11) is -0.539. The van der Waals surface area contributed by atoms with Crippen molar-refractivity contribution in [3.8, 4) is 11.1 Å². The molecule has 4 aromatic rings. The van der Waals surface area contributed by atoms with E-state index in [2.05, 4.69) is 20.8 Å². The molecule has 1 aliphatic carbocycles. The maximum absolute atomic E-state index is 13.6. The number of H-pyrrole nitrogens is 2. The normalized spacial score (nSPS) is 17.7. The lowest BCUT2D eigenvalue weighted by Gasteiger charge is -2.28. The summed E-state index contributed by atoms with van der Waals surface area (Å²) in [6.07, 6.45) is 3.52. The third-order valence-electron chi connectivity index (χ3n) is 8.71. The Labute approximate surface area is 262 Å². The molecule has 12 heteroatoms. The fourth-order valence-corrected chi connectivity index (χ4v) is 6.88. The lowest BCUT2D eigenvalue weighted by atomic mass is 9.81. The molecular weight excluding hydrogens is 592 g/mol. The van der Waals surface area contributed by atoms with Crippen LogP contribution < -0.4 is 21.9 Å². The first-order valence-corrected chi connectivity index (χ1v) is 16.5. The molecule has 1 aliphatic rings. The second-order valence-corrected chi connectivity index (χ2v) is 14.2. The summed E-state index contributed by atoms with van der Waals surface area (Å²) < 4.78 is 26.3. The van der Waals surface area contributed by atoms with E-state index in [9.17, 15) is 22.8 Å². The van der Waals surface area contributed by atoms with Gasteiger partial charge in [0.2, 0.25) is 21.8 Å². The molecule has 11 nitrogen and oxygen atoms in total. The van der Waals surface area contributed by atoms with Crippen LogP contribution in [0, 0.1) is 18.8 Å². The van der Waals surface area contributed by atoms with Gasteiger partial charge in [0.05, 0.1) is 15.8 Å². The number of benzene rings is 3. The van der Waals surface area contributed by atoms with Crippen molar-refractivity contribution >= 4 is 38.4 Å². The molecule has 1 heterocycles. The van der Waals surface area contributed by atoms with Gasteiger partial charge in [0, 0.05) is 32.1 Å². The monoisotopic (exact) mass is 632 g/mol. The van der Waals surface area contributed by atoms with Crippen molar-refractivity contribution in [2.45, 2.75) is 50.0 Å². The molecule has 0 spiro atoms. The van der Waals surface area contributed by atoms with Gasteiger partial charge >= 0.3 is 0 Å². The van der Waals surface area contributed by atoms with Crippen molar-refractivity contribution in [3.05, 3.63) is 82.1 Å². The number of carbonyl (C=O) groups excluding carboxylic acids is 2. The quantitative estimate of drug-likeness (QED) is 0.179. The predicted octanol–water partition coefficient (Wildman–Crippen LogP) is 3.51. The zero-order valence-electron chi connectivity index (χ0n) is 25.7. The Morgan fingerprint density at radius 3 is 2.33 bits per heavy atom. The van der Waals surface area contributed by atoms with Gasteiger partial charge in [-0.15, -0.1) is 0 Å². The largest absolute Gasteiger partial charge is 0.344 e. The third kappa shape index (κ3) is 7.19. The molecule has 0 unspecified atom stereocenters. The Balaban J connectivity index is 1.35. The van der Waals surface area contributed by atoms with Crippen molar-refractivity contribution in [1.82, 2.24) is 19.8 Å². The highest BCUT2D eigenvalue weighted by molar-refractivity contribution is 7.89. The van der Waals surface area contributed by atoms with Crippen LogP contribution in [0.1, 0.15) is 36.8 Å². The summed E-state index contributed by atoms with van der Waals surface area (Å²) >= 11 is 0. The summed E-state index contributed by atoms with van der Waals surface area (Å²) in [5.41, 5.74) is 10.1. The number of fused-ring (bicyclic) bond motifs is 1. The van der Waals surface area contributed by atoms with E-state index in [0.29, 0.717) is 29.1 Å². The molecule has 238 valence electrons. The van der Waals surface area contributed by atoms with Crippen LogP contribution >= 0.6 is 0 Å². The molecule has 0 aliphatic heterocycles. The number of sulfonamides is 1. The van der Waals surface area contributed by atoms with Crippen LogP contribution in [0.3, 0.4) is 0 Å². The van der Waals surface area contributed by atoms with Crippen LogP contribution in [-0.4, -0.2) is 61.4 Å². The second-order valence-electron chi connectivity index (χ2n) is 12.0. The zero-order chi connectivity index (χ0) is 32.3. The van der Waals surface area contributed by atoms with Crippen LogP contribution in [0.2, 0.25) is 0 Å². The number of anilines is 1. The minimum atomic E-state index is -3.54. The molecule has 3 aromatic carbocycles. The number of rotatable bonds is 10. The molecule has 45 heavy (non-hydrogen) atoms. The van der Waals surface area contributed by atoms with Gasteiger partial charge in [0.1, 0.15) is 6.04 Å². The van der Waals surface area contributed by atoms with Crippen LogP contribution in [0.5, 0.6) is 0 Å². The number of nitrogens with two attached hydrogens (primary N) is 1. The number of hydrogen-bond donors (Lipinski definition) is 5. The lowest BCUT2D eigenvalue weighted by Crippen LogP contribution is -2.48. The molecule has 0 radical (unpaired) electrons.